The molecule has 0 aliphatic carbocycles. The molecule has 8 nitrogen and oxygen atoms in total. The molecule has 1 aromatic carbocycles. The highest BCUT2D eigenvalue weighted by Gasteiger charge is 2.26. The van der Waals surface area contributed by atoms with Gasteiger partial charge in [-0.15, -0.1) is 0 Å². The highest BCUT2D eigenvalue weighted by atomic mass is 16.6. The van der Waals surface area contributed by atoms with Gasteiger partial charge in [-0.2, -0.15) is 4.98 Å². The van der Waals surface area contributed by atoms with Crippen molar-refractivity contribution in [2.45, 2.75) is 19.8 Å². The van der Waals surface area contributed by atoms with Crippen molar-refractivity contribution >= 4 is 11.7 Å². The second-order valence-corrected chi connectivity index (χ2v) is 4.68. The van der Waals surface area contributed by atoms with Crippen LogP contribution in [0.4, 0.5) is 5.69 Å². The molecular formula is C13H13N3O5. The van der Waals surface area contributed by atoms with E-state index in [9.17, 15) is 14.9 Å². The predicted molar refractivity (Wildman–Crippen MR) is 71.6 cm³/mol. The first-order valence-electron chi connectivity index (χ1n) is 6.21. The third-order valence-corrected chi connectivity index (χ3v) is 3.31. The van der Waals surface area contributed by atoms with E-state index in [1.54, 1.807) is 13.8 Å². The average Bonchev–Trinajstić information content (AvgIpc) is 2.95. The molecule has 1 heterocycles. The maximum atomic E-state index is 10.9. The van der Waals surface area contributed by atoms with E-state index in [1.807, 2.05) is 0 Å². The van der Waals surface area contributed by atoms with Gasteiger partial charge >= 0.3 is 5.97 Å². The molecule has 0 saturated heterocycles. The Morgan fingerprint density at radius 3 is 2.48 bits per heavy atom. The first-order valence-corrected chi connectivity index (χ1v) is 6.21. The summed E-state index contributed by atoms with van der Waals surface area (Å²) in [6.45, 7) is 3.24. The number of hydrogen-bond acceptors (Lipinski definition) is 6. The van der Waals surface area contributed by atoms with Crippen molar-refractivity contribution in [3.8, 4) is 11.4 Å². The van der Waals surface area contributed by atoms with Gasteiger partial charge < -0.3 is 9.63 Å². The zero-order valence-electron chi connectivity index (χ0n) is 11.4. The summed E-state index contributed by atoms with van der Waals surface area (Å²) >= 11 is 0. The van der Waals surface area contributed by atoms with Crippen LogP contribution in [0.25, 0.3) is 11.4 Å². The van der Waals surface area contributed by atoms with Gasteiger partial charge in [0, 0.05) is 23.6 Å². The molecule has 2 rings (SSSR count). The molecule has 1 aromatic heterocycles. The minimum Gasteiger partial charge on any atom is -0.481 e. The zero-order chi connectivity index (χ0) is 15.6. The number of carboxylic acid groups (broad SMARTS) is 1. The number of aliphatic carboxylic acids is 1. The number of nitro benzene ring substituents is 1. The van der Waals surface area contributed by atoms with Crippen molar-refractivity contribution in [2.24, 2.45) is 5.92 Å². The Kier molecular flexibility index (Phi) is 3.97. The Balaban J connectivity index is 2.23. The van der Waals surface area contributed by atoms with E-state index in [0.29, 0.717) is 5.56 Å². The van der Waals surface area contributed by atoms with E-state index in [1.165, 1.54) is 24.3 Å². The lowest BCUT2D eigenvalue weighted by Gasteiger charge is -2.10. The summed E-state index contributed by atoms with van der Waals surface area (Å²) in [5.74, 6) is -1.54. The van der Waals surface area contributed by atoms with Crippen molar-refractivity contribution in [2.75, 3.05) is 0 Å². The maximum absolute atomic E-state index is 10.9. The summed E-state index contributed by atoms with van der Waals surface area (Å²) in [4.78, 5) is 25.2. The molecule has 8 heteroatoms. The minimum absolute atomic E-state index is 0.0321. The van der Waals surface area contributed by atoms with Crippen LogP contribution in [0.3, 0.4) is 0 Å². The largest absolute Gasteiger partial charge is 0.481 e. The van der Waals surface area contributed by atoms with Gasteiger partial charge in [-0.05, 0) is 12.1 Å². The van der Waals surface area contributed by atoms with E-state index in [0.717, 1.165) is 0 Å². The van der Waals surface area contributed by atoms with Gasteiger partial charge in [0.15, 0.2) is 0 Å². The van der Waals surface area contributed by atoms with Crippen LogP contribution in [-0.4, -0.2) is 26.1 Å². The Morgan fingerprint density at radius 1 is 1.33 bits per heavy atom. The molecule has 0 saturated carbocycles. The smallest absolute Gasteiger partial charge is 0.307 e. The molecule has 0 fully saturated rings. The van der Waals surface area contributed by atoms with Crippen LogP contribution >= 0.6 is 0 Å². The van der Waals surface area contributed by atoms with Crippen molar-refractivity contribution in [1.29, 1.82) is 0 Å². The fraction of sp³-hybridized carbons (Fsp3) is 0.308. The van der Waals surface area contributed by atoms with Crippen molar-refractivity contribution in [3.63, 3.8) is 0 Å². The Bertz CT molecular complexity index is 665. The molecule has 110 valence electrons. The van der Waals surface area contributed by atoms with E-state index in [4.69, 9.17) is 9.63 Å². The van der Waals surface area contributed by atoms with Crippen LogP contribution in [0, 0.1) is 16.0 Å². The molecule has 2 unspecified atom stereocenters. The van der Waals surface area contributed by atoms with Gasteiger partial charge in [-0.1, -0.05) is 19.0 Å². The molecule has 0 bridgehead atoms. The number of aromatic nitrogens is 2. The summed E-state index contributed by atoms with van der Waals surface area (Å²) in [6.07, 6.45) is 0. The third kappa shape index (κ3) is 3.04. The molecule has 0 amide bonds. The lowest BCUT2D eigenvalue weighted by molar-refractivity contribution is -0.384. The fourth-order valence-corrected chi connectivity index (χ4v) is 1.70. The highest BCUT2D eigenvalue weighted by Crippen LogP contribution is 2.26. The Labute approximate surface area is 119 Å². The number of nitrogens with zero attached hydrogens (tertiary/aromatic N) is 3. The first kappa shape index (κ1) is 14.6. The lowest BCUT2D eigenvalue weighted by Crippen LogP contribution is -2.16. The van der Waals surface area contributed by atoms with Crippen molar-refractivity contribution < 1.29 is 19.3 Å². The van der Waals surface area contributed by atoms with Gasteiger partial charge in [0.2, 0.25) is 11.7 Å². The molecule has 21 heavy (non-hydrogen) atoms. The van der Waals surface area contributed by atoms with Gasteiger partial charge in [0.25, 0.3) is 5.69 Å². The summed E-state index contributed by atoms with van der Waals surface area (Å²) in [7, 11) is 0. The molecule has 2 aromatic rings. The second-order valence-electron chi connectivity index (χ2n) is 4.68. The van der Waals surface area contributed by atoms with Gasteiger partial charge in [0.05, 0.1) is 10.8 Å². The highest BCUT2D eigenvalue weighted by molar-refractivity contribution is 5.70. The standard InChI is InChI=1S/C13H13N3O5/c1-7(8(2)13(17)18)12-14-11(15-21-12)9-3-5-10(6-4-9)16(19)20/h3-8H,1-2H3,(H,17,18). The average molecular weight is 291 g/mol. The predicted octanol–water partition coefficient (Wildman–Crippen LogP) is 2.47. The number of hydrogen-bond donors (Lipinski definition) is 1. The fourth-order valence-electron chi connectivity index (χ4n) is 1.70. The number of non-ortho nitro benzene ring substituents is 1. The van der Waals surface area contributed by atoms with Crippen LogP contribution in [-0.2, 0) is 4.79 Å². The molecule has 0 aliphatic rings. The van der Waals surface area contributed by atoms with Crippen LogP contribution in [0.2, 0.25) is 0 Å². The quantitative estimate of drug-likeness (QED) is 0.663. The first-order chi connectivity index (χ1) is 9.90. The van der Waals surface area contributed by atoms with E-state index >= 15 is 0 Å². The monoisotopic (exact) mass is 291 g/mol. The number of benzene rings is 1. The van der Waals surface area contributed by atoms with Gasteiger partial charge in [0.1, 0.15) is 0 Å². The normalized spacial score (nSPS) is 13.6. The summed E-state index contributed by atoms with van der Waals surface area (Å²) in [5, 5.41) is 23.3. The topological polar surface area (TPSA) is 119 Å². The van der Waals surface area contributed by atoms with Crippen LogP contribution in [0.15, 0.2) is 28.8 Å². The lowest BCUT2D eigenvalue weighted by atomic mass is 9.96. The summed E-state index contributed by atoms with van der Waals surface area (Å²) < 4.78 is 5.07. The number of rotatable bonds is 5. The SMILES string of the molecule is CC(C(=O)O)C(C)c1nc(-c2ccc([N+](=O)[O-])cc2)no1. The molecule has 0 spiro atoms. The number of carboxylic acids is 1. The summed E-state index contributed by atoms with van der Waals surface area (Å²) in [5.41, 5.74) is 0.529. The van der Waals surface area contributed by atoms with Crippen LogP contribution < -0.4 is 0 Å². The number of carbonyl (C=O) groups is 1. The molecule has 1 N–H and O–H groups in total. The Morgan fingerprint density at radius 2 is 1.95 bits per heavy atom. The molecule has 0 radical (unpaired) electrons. The number of nitro groups is 1. The van der Waals surface area contributed by atoms with Crippen molar-refractivity contribution in [3.05, 3.63) is 40.3 Å². The molecular weight excluding hydrogens is 278 g/mol. The zero-order valence-corrected chi connectivity index (χ0v) is 11.4. The second kappa shape index (κ2) is 5.70. The summed E-state index contributed by atoms with van der Waals surface area (Å²) in [6, 6.07) is 5.71. The molecule has 2 atom stereocenters. The minimum atomic E-state index is -0.947. The third-order valence-electron chi connectivity index (χ3n) is 3.31. The van der Waals surface area contributed by atoms with E-state index in [2.05, 4.69) is 10.1 Å². The van der Waals surface area contributed by atoms with Gasteiger partial charge in [-0.3, -0.25) is 14.9 Å². The van der Waals surface area contributed by atoms with E-state index < -0.39 is 22.7 Å². The maximum Gasteiger partial charge on any atom is 0.307 e. The van der Waals surface area contributed by atoms with Gasteiger partial charge in [-0.25, -0.2) is 0 Å². The van der Waals surface area contributed by atoms with Crippen molar-refractivity contribution in [1.82, 2.24) is 10.1 Å². The molecule has 0 aliphatic heterocycles. The Hall–Kier alpha value is -2.77. The van der Waals surface area contributed by atoms with Crippen LogP contribution in [0.1, 0.15) is 25.7 Å². The van der Waals surface area contributed by atoms with E-state index in [-0.39, 0.29) is 17.4 Å². The van der Waals surface area contributed by atoms with Crippen LogP contribution in [0.5, 0.6) is 0 Å².